The van der Waals surface area contributed by atoms with Gasteiger partial charge in [0.15, 0.2) is 0 Å². The highest BCUT2D eigenvalue weighted by Gasteiger charge is 2.44. The lowest BCUT2D eigenvalue weighted by molar-refractivity contribution is -0.122. The Hall–Kier alpha value is -3.64. The third-order valence-electron chi connectivity index (χ3n) is 6.36. The lowest BCUT2D eigenvalue weighted by Gasteiger charge is -2.21. The third kappa shape index (κ3) is 3.74. The topological polar surface area (TPSA) is 62.6 Å². The van der Waals surface area contributed by atoms with Gasteiger partial charge in [0.2, 0.25) is 5.91 Å². The molecule has 5 rings (SSSR count). The fourth-order valence-electron chi connectivity index (χ4n) is 4.38. The number of anilines is 1. The molecule has 1 aromatic heterocycles. The minimum absolute atomic E-state index is 0.0188. The van der Waals surface area contributed by atoms with Gasteiger partial charge in [-0.25, -0.2) is 4.39 Å². The zero-order chi connectivity index (χ0) is 24.0. The molecule has 0 saturated heterocycles. The molecule has 0 aliphatic carbocycles. The second-order valence-electron chi connectivity index (χ2n) is 8.92. The van der Waals surface area contributed by atoms with E-state index >= 15 is 0 Å². The predicted octanol–water partition coefficient (Wildman–Crippen LogP) is 5.98. The molecule has 0 bridgehead atoms. The molecule has 0 unspecified atom stereocenters. The average Bonchev–Trinajstić information content (AvgIpc) is 3.36. The van der Waals surface area contributed by atoms with Crippen molar-refractivity contribution in [3.8, 4) is 0 Å². The van der Waals surface area contributed by atoms with Crippen molar-refractivity contribution in [3.63, 3.8) is 0 Å². The number of halogens is 2. The van der Waals surface area contributed by atoms with Gasteiger partial charge in [0, 0.05) is 33.8 Å². The summed E-state index contributed by atoms with van der Waals surface area (Å²) in [6.07, 6.45) is 1.63. The second-order valence-corrected chi connectivity index (χ2v) is 9.33. The lowest BCUT2D eigenvalue weighted by Crippen LogP contribution is -2.36. The van der Waals surface area contributed by atoms with E-state index < -0.39 is 11.2 Å². The summed E-state index contributed by atoms with van der Waals surface area (Å²) in [4.78, 5) is 27.7. The van der Waals surface area contributed by atoms with Crippen molar-refractivity contribution in [2.75, 3.05) is 4.90 Å². The summed E-state index contributed by atoms with van der Waals surface area (Å²) < 4.78 is 19.9. The Morgan fingerprint density at radius 2 is 1.94 bits per heavy atom. The summed E-state index contributed by atoms with van der Waals surface area (Å²) in [5.74, 6) is -0.927. The molecule has 2 heterocycles. The van der Waals surface area contributed by atoms with Gasteiger partial charge in [-0.3, -0.25) is 9.59 Å². The highest BCUT2D eigenvalue weighted by Crippen LogP contribution is 2.43. The van der Waals surface area contributed by atoms with E-state index in [0.717, 1.165) is 22.1 Å². The van der Waals surface area contributed by atoms with E-state index in [1.54, 1.807) is 30.5 Å². The van der Waals surface area contributed by atoms with Crippen molar-refractivity contribution in [2.45, 2.75) is 32.4 Å². The number of rotatable bonds is 5. The van der Waals surface area contributed by atoms with Crippen molar-refractivity contribution >= 4 is 40.1 Å². The molecule has 1 N–H and O–H groups in total. The van der Waals surface area contributed by atoms with E-state index in [1.165, 1.54) is 17.0 Å². The van der Waals surface area contributed by atoms with Gasteiger partial charge in [-0.15, -0.1) is 0 Å². The van der Waals surface area contributed by atoms with Gasteiger partial charge in [-0.2, -0.15) is 0 Å². The SMILES string of the molecule is CC1(C)C(=O)N(Cc2c(F)cccc2Cl)c2cc(C(=O)NCc3ccc4ccoc4c3)ccc21. The molecule has 3 aromatic carbocycles. The molecule has 172 valence electrons. The summed E-state index contributed by atoms with van der Waals surface area (Å²) in [5.41, 5.74) is 2.87. The Bertz CT molecular complexity index is 1420. The Morgan fingerprint density at radius 1 is 1.12 bits per heavy atom. The van der Waals surface area contributed by atoms with Gasteiger partial charge in [0.25, 0.3) is 5.91 Å². The first-order chi connectivity index (χ1) is 16.3. The number of fused-ring (bicyclic) bond motifs is 2. The van der Waals surface area contributed by atoms with Crippen LogP contribution in [0.2, 0.25) is 5.02 Å². The largest absolute Gasteiger partial charge is 0.464 e. The van der Waals surface area contributed by atoms with Crippen LogP contribution in [0.15, 0.2) is 71.3 Å². The molecule has 0 saturated carbocycles. The van der Waals surface area contributed by atoms with Crippen LogP contribution in [0.1, 0.15) is 40.9 Å². The average molecular weight is 477 g/mol. The maximum Gasteiger partial charge on any atom is 0.251 e. The van der Waals surface area contributed by atoms with E-state index in [4.69, 9.17) is 16.0 Å². The Morgan fingerprint density at radius 3 is 2.74 bits per heavy atom. The summed E-state index contributed by atoms with van der Waals surface area (Å²) in [6.45, 7) is 3.95. The normalized spacial score (nSPS) is 14.5. The van der Waals surface area contributed by atoms with E-state index in [0.29, 0.717) is 17.8 Å². The molecule has 0 atom stereocenters. The molecule has 4 aromatic rings. The van der Waals surface area contributed by atoms with Crippen molar-refractivity contribution in [1.82, 2.24) is 5.32 Å². The minimum Gasteiger partial charge on any atom is -0.464 e. The number of amides is 2. The number of hydrogen-bond donors (Lipinski definition) is 1. The molecule has 34 heavy (non-hydrogen) atoms. The summed E-state index contributed by atoms with van der Waals surface area (Å²) >= 11 is 6.22. The second kappa shape index (κ2) is 8.29. The van der Waals surface area contributed by atoms with Crippen LogP contribution < -0.4 is 10.2 Å². The lowest BCUT2D eigenvalue weighted by atomic mass is 9.86. The van der Waals surface area contributed by atoms with E-state index in [1.807, 2.05) is 38.1 Å². The number of benzene rings is 3. The molecule has 2 amide bonds. The van der Waals surface area contributed by atoms with Gasteiger partial charge < -0.3 is 14.6 Å². The van der Waals surface area contributed by atoms with Crippen LogP contribution in [0.25, 0.3) is 11.0 Å². The first-order valence-electron chi connectivity index (χ1n) is 10.9. The fraction of sp³-hybridized carbons (Fsp3) is 0.185. The van der Waals surface area contributed by atoms with Crippen LogP contribution in [-0.4, -0.2) is 11.8 Å². The van der Waals surface area contributed by atoms with Crippen LogP contribution in [0.3, 0.4) is 0 Å². The Balaban J connectivity index is 1.41. The first kappa shape index (κ1) is 22.2. The molecule has 1 aliphatic rings. The predicted molar refractivity (Wildman–Crippen MR) is 129 cm³/mol. The molecule has 0 fully saturated rings. The molecule has 0 spiro atoms. The van der Waals surface area contributed by atoms with Crippen LogP contribution >= 0.6 is 11.6 Å². The molecular formula is C27H22ClFN2O3. The van der Waals surface area contributed by atoms with Crippen LogP contribution in [0, 0.1) is 5.82 Å². The zero-order valence-corrected chi connectivity index (χ0v) is 19.4. The Kier molecular flexibility index (Phi) is 5.41. The third-order valence-corrected chi connectivity index (χ3v) is 6.71. The molecule has 0 radical (unpaired) electrons. The summed E-state index contributed by atoms with van der Waals surface area (Å²) in [7, 11) is 0. The maximum absolute atomic E-state index is 14.5. The van der Waals surface area contributed by atoms with Crippen LogP contribution in [0.5, 0.6) is 0 Å². The van der Waals surface area contributed by atoms with Gasteiger partial charge in [-0.1, -0.05) is 35.9 Å². The van der Waals surface area contributed by atoms with E-state index in [9.17, 15) is 14.0 Å². The zero-order valence-electron chi connectivity index (χ0n) is 18.7. The van der Waals surface area contributed by atoms with E-state index in [2.05, 4.69) is 5.32 Å². The van der Waals surface area contributed by atoms with Gasteiger partial charge in [0.05, 0.1) is 18.2 Å². The standard InChI is InChI=1S/C27H22ClFN2O3/c1-27(2)20-9-8-18(25(32)30-14-16-6-7-17-10-11-34-24(17)12-16)13-23(20)31(26(27)33)15-19-21(28)4-3-5-22(19)29/h3-13H,14-15H2,1-2H3,(H,30,32). The smallest absolute Gasteiger partial charge is 0.251 e. The number of hydrogen-bond acceptors (Lipinski definition) is 3. The number of furan rings is 1. The number of carbonyl (C=O) groups excluding carboxylic acids is 2. The minimum atomic E-state index is -0.805. The van der Waals surface area contributed by atoms with Crippen molar-refractivity contribution in [2.24, 2.45) is 0 Å². The quantitative estimate of drug-likeness (QED) is 0.385. The van der Waals surface area contributed by atoms with E-state index in [-0.39, 0.29) is 28.9 Å². The fourth-order valence-corrected chi connectivity index (χ4v) is 4.60. The van der Waals surface area contributed by atoms with Gasteiger partial charge >= 0.3 is 0 Å². The highest BCUT2D eigenvalue weighted by molar-refractivity contribution is 6.31. The molecule has 5 nitrogen and oxygen atoms in total. The van der Waals surface area contributed by atoms with Crippen molar-refractivity contribution < 1.29 is 18.4 Å². The maximum atomic E-state index is 14.5. The Labute approximate surface area is 201 Å². The van der Waals surface area contributed by atoms with Crippen LogP contribution in [-0.2, 0) is 23.3 Å². The van der Waals surface area contributed by atoms with Gasteiger partial charge in [-0.05, 0) is 61.4 Å². The van der Waals surface area contributed by atoms with Crippen molar-refractivity contribution in [1.29, 1.82) is 0 Å². The van der Waals surface area contributed by atoms with Crippen LogP contribution in [0.4, 0.5) is 10.1 Å². The number of nitrogens with zero attached hydrogens (tertiary/aromatic N) is 1. The van der Waals surface area contributed by atoms with Gasteiger partial charge in [0.1, 0.15) is 11.4 Å². The summed E-state index contributed by atoms with van der Waals surface area (Å²) in [6, 6.07) is 17.3. The molecule has 7 heteroatoms. The first-order valence-corrected chi connectivity index (χ1v) is 11.3. The number of nitrogens with one attached hydrogen (secondary N) is 1. The monoisotopic (exact) mass is 476 g/mol. The molecule has 1 aliphatic heterocycles. The molecular weight excluding hydrogens is 455 g/mol. The summed E-state index contributed by atoms with van der Waals surface area (Å²) in [5, 5.41) is 4.16. The van der Waals surface area contributed by atoms with Crippen molar-refractivity contribution in [3.05, 3.63) is 100 Å². The number of carbonyl (C=O) groups is 2. The highest BCUT2D eigenvalue weighted by atomic mass is 35.5.